The molecule has 1 aromatic carbocycles. The zero-order valence-corrected chi connectivity index (χ0v) is 11.7. The third-order valence-electron chi connectivity index (χ3n) is 2.63. The summed E-state index contributed by atoms with van der Waals surface area (Å²) in [6.45, 7) is 0.299. The van der Waals surface area contributed by atoms with Crippen molar-refractivity contribution in [3.63, 3.8) is 0 Å². The molecule has 0 aliphatic heterocycles. The Balaban J connectivity index is 1.97. The minimum Gasteiger partial charge on any atom is -0.469 e. The third kappa shape index (κ3) is 3.83. The van der Waals surface area contributed by atoms with Gasteiger partial charge >= 0.3 is 0 Å². The van der Waals surface area contributed by atoms with Crippen LogP contribution in [0.3, 0.4) is 0 Å². The van der Waals surface area contributed by atoms with E-state index in [0.29, 0.717) is 18.8 Å². The van der Waals surface area contributed by atoms with Gasteiger partial charge in [0.05, 0.1) is 11.2 Å². The van der Waals surface area contributed by atoms with Gasteiger partial charge in [-0.1, -0.05) is 12.1 Å². The Bertz CT molecular complexity index is 606. The normalized spacial score (nSPS) is 11.6. The van der Waals surface area contributed by atoms with Gasteiger partial charge in [-0.25, -0.2) is 13.1 Å². The number of nitrogens with one attached hydrogen (secondary N) is 1. The number of hydrogen-bond donors (Lipinski definition) is 1. The average molecular weight is 300 g/mol. The highest BCUT2D eigenvalue weighted by Crippen LogP contribution is 2.12. The van der Waals surface area contributed by atoms with Crippen LogP contribution < -0.4 is 4.72 Å². The Morgan fingerprint density at radius 3 is 2.47 bits per heavy atom. The fourth-order valence-corrected chi connectivity index (χ4v) is 2.81. The number of rotatable bonds is 6. The van der Waals surface area contributed by atoms with Crippen molar-refractivity contribution < 1.29 is 12.8 Å². The van der Waals surface area contributed by atoms with Gasteiger partial charge in [-0.05, 0) is 29.8 Å². The molecule has 4 nitrogen and oxygen atoms in total. The number of benzene rings is 1. The molecular weight excluding hydrogens is 286 g/mol. The second-order valence-corrected chi connectivity index (χ2v) is 6.04. The Kier molecular flexibility index (Phi) is 4.63. The molecule has 102 valence electrons. The SMILES string of the molecule is O=S(=O)(NCCc1ccco1)c1ccc(CCl)cc1. The molecule has 0 saturated carbocycles. The molecule has 2 rings (SSSR count). The van der Waals surface area contributed by atoms with E-state index in [-0.39, 0.29) is 4.90 Å². The van der Waals surface area contributed by atoms with Gasteiger partial charge in [-0.2, -0.15) is 0 Å². The number of sulfonamides is 1. The molecule has 1 heterocycles. The molecule has 0 bridgehead atoms. The summed E-state index contributed by atoms with van der Waals surface area (Å²) in [5.74, 6) is 1.12. The molecule has 0 radical (unpaired) electrons. The van der Waals surface area contributed by atoms with Crippen molar-refractivity contribution in [1.82, 2.24) is 4.72 Å². The van der Waals surface area contributed by atoms with E-state index in [9.17, 15) is 8.42 Å². The maximum absolute atomic E-state index is 12.0. The van der Waals surface area contributed by atoms with Gasteiger partial charge in [0.25, 0.3) is 0 Å². The standard InChI is InChI=1S/C13H14ClNO3S/c14-10-11-3-5-13(6-4-11)19(16,17)15-8-7-12-2-1-9-18-12/h1-6,9,15H,7-8,10H2. The van der Waals surface area contributed by atoms with Crippen molar-refractivity contribution in [3.8, 4) is 0 Å². The topological polar surface area (TPSA) is 59.3 Å². The minimum atomic E-state index is -3.47. The summed E-state index contributed by atoms with van der Waals surface area (Å²) in [5.41, 5.74) is 0.885. The summed E-state index contributed by atoms with van der Waals surface area (Å²) in [5, 5.41) is 0. The number of alkyl halides is 1. The summed E-state index contributed by atoms with van der Waals surface area (Å²) in [6, 6.07) is 10.1. The first-order chi connectivity index (χ1) is 9.12. The van der Waals surface area contributed by atoms with E-state index in [2.05, 4.69) is 4.72 Å². The lowest BCUT2D eigenvalue weighted by Crippen LogP contribution is -2.25. The first-order valence-corrected chi connectivity index (χ1v) is 7.80. The van der Waals surface area contributed by atoms with Crippen molar-refractivity contribution in [2.75, 3.05) is 6.54 Å². The highest BCUT2D eigenvalue weighted by atomic mass is 35.5. The lowest BCUT2D eigenvalue weighted by molar-refractivity contribution is 0.506. The van der Waals surface area contributed by atoms with Gasteiger partial charge in [0.1, 0.15) is 5.76 Å². The highest BCUT2D eigenvalue weighted by Gasteiger charge is 2.13. The van der Waals surface area contributed by atoms with Gasteiger partial charge in [0.2, 0.25) is 10.0 Å². The van der Waals surface area contributed by atoms with Crippen LogP contribution in [0.5, 0.6) is 0 Å². The van der Waals surface area contributed by atoms with E-state index in [4.69, 9.17) is 16.0 Å². The Morgan fingerprint density at radius 1 is 1.16 bits per heavy atom. The van der Waals surface area contributed by atoms with Crippen LogP contribution in [0.4, 0.5) is 0 Å². The fourth-order valence-electron chi connectivity index (χ4n) is 1.60. The van der Waals surface area contributed by atoms with Crippen LogP contribution in [0.25, 0.3) is 0 Å². The van der Waals surface area contributed by atoms with Crippen molar-refractivity contribution in [1.29, 1.82) is 0 Å². The predicted molar refractivity (Wildman–Crippen MR) is 73.6 cm³/mol. The van der Waals surface area contributed by atoms with Crippen molar-refractivity contribution >= 4 is 21.6 Å². The summed E-state index contributed by atoms with van der Waals surface area (Å²) >= 11 is 5.66. The molecule has 1 aromatic heterocycles. The van der Waals surface area contributed by atoms with E-state index in [1.807, 2.05) is 6.07 Å². The van der Waals surface area contributed by atoms with Crippen molar-refractivity contribution in [2.45, 2.75) is 17.2 Å². The molecule has 0 spiro atoms. The highest BCUT2D eigenvalue weighted by molar-refractivity contribution is 7.89. The van der Waals surface area contributed by atoms with Gasteiger partial charge in [0, 0.05) is 18.8 Å². The number of hydrogen-bond acceptors (Lipinski definition) is 3. The predicted octanol–water partition coefficient (Wildman–Crippen LogP) is 2.54. The van der Waals surface area contributed by atoms with Crippen molar-refractivity contribution in [2.24, 2.45) is 0 Å². The van der Waals surface area contributed by atoms with Gasteiger partial charge in [-0.15, -0.1) is 11.6 Å². The largest absolute Gasteiger partial charge is 0.469 e. The molecule has 0 amide bonds. The summed E-state index contributed by atoms with van der Waals surface area (Å²) in [6.07, 6.45) is 2.08. The van der Waals surface area contributed by atoms with E-state index < -0.39 is 10.0 Å². The summed E-state index contributed by atoms with van der Waals surface area (Å²) in [7, 11) is -3.47. The third-order valence-corrected chi connectivity index (χ3v) is 4.42. The molecule has 6 heteroatoms. The van der Waals surface area contributed by atoms with Crippen LogP contribution in [0.15, 0.2) is 52.0 Å². The Labute approximate surface area is 117 Å². The molecule has 0 atom stereocenters. The van der Waals surface area contributed by atoms with Gasteiger partial charge in [-0.3, -0.25) is 0 Å². The zero-order chi connectivity index (χ0) is 13.7. The average Bonchev–Trinajstić information content (AvgIpc) is 2.92. The molecule has 0 aliphatic carbocycles. The quantitative estimate of drug-likeness (QED) is 0.834. The maximum Gasteiger partial charge on any atom is 0.240 e. The van der Waals surface area contributed by atoms with Gasteiger partial charge in [0.15, 0.2) is 0 Å². The van der Waals surface area contributed by atoms with Gasteiger partial charge < -0.3 is 4.42 Å². The number of halogens is 1. The molecule has 1 N–H and O–H groups in total. The summed E-state index contributed by atoms with van der Waals surface area (Å²) in [4.78, 5) is 0.237. The van der Waals surface area contributed by atoms with E-state index >= 15 is 0 Å². The van der Waals surface area contributed by atoms with E-state index in [1.165, 1.54) is 0 Å². The Hall–Kier alpha value is -1.30. The minimum absolute atomic E-state index is 0.237. The molecule has 0 saturated heterocycles. The first-order valence-electron chi connectivity index (χ1n) is 5.79. The molecule has 0 fully saturated rings. The zero-order valence-electron chi connectivity index (χ0n) is 10.2. The fraction of sp³-hybridized carbons (Fsp3) is 0.231. The van der Waals surface area contributed by atoms with Crippen LogP contribution in [0, 0.1) is 0 Å². The van der Waals surface area contributed by atoms with Crippen molar-refractivity contribution in [3.05, 3.63) is 54.0 Å². The van der Waals surface area contributed by atoms with E-state index in [1.54, 1.807) is 36.6 Å². The van der Waals surface area contributed by atoms with Crippen LogP contribution in [-0.2, 0) is 22.3 Å². The van der Waals surface area contributed by atoms with E-state index in [0.717, 1.165) is 11.3 Å². The molecule has 0 unspecified atom stereocenters. The summed E-state index contributed by atoms with van der Waals surface area (Å²) < 4.78 is 31.6. The lowest BCUT2D eigenvalue weighted by atomic mass is 10.2. The van der Waals surface area contributed by atoms with Crippen LogP contribution in [-0.4, -0.2) is 15.0 Å². The molecular formula is C13H14ClNO3S. The van der Waals surface area contributed by atoms with Crippen LogP contribution in [0.1, 0.15) is 11.3 Å². The van der Waals surface area contributed by atoms with Crippen LogP contribution in [0.2, 0.25) is 0 Å². The molecule has 19 heavy (non-hydrogen) atoms. The second kappa shape index (κ2) is 6.23. The number of furan rings is 1. The lowest BCUT2D eigenvalue weighted by Gasteiger charge is -2.06. The second-order valence-electron chi connectivity index (χ2n) is 4.00. The smallest absolute Gasteiger partial charge is 0.240 e. The van der Waals surface area contributed by atoms with Crippen LogP contribution >= 0.6 is 11.6 Å². The molecule has 2 aromatic rings. The first kappa shape index (κ1) is 14.1. The molecule has 0 aliphatic rings. The Morgan fingerprint density at radius 2 is 1.89 bits per heavy atom. The monoisotopic (exact) mass is 299 g/mol. The maximum atomic E-state index is 12.0.